The van der Waals surface area contributed by atoms with Crippen LogP contribution in [0.1, 0.15) is 48.6 Å². The van der Waals surface area contributed by atoms with E-state index in [1.165, 1.54) is 0 Å². The van der Waals surface area contributed by atoms with Gasteiger partial charge in [0.15, 0.2) is 5.11 Å². The molecular formula is C31H32ClN5O2S. The van der Waals surface area contributed by atoms with Crippen LogP contribution in [0.3, 0.4) is 0 Å². The van der Waals surface area contributed by atoms with Crippen molar-refractivity contribution >= 4 is 46.2 Å². The van der Waals surface area contributed by atoms with Gasteiger partial charge in [-0.25, -0.2) is 0 Å². The zero-order valence-corrected chi connectivity index (χ0v) is 24.7. The second-order valence-corrected chi connectivity index (χ2v) is 11.0. The average Bonchev–Trinajstić information content (AvgIpc) is 3.44. The SMILES string of the molecule is COc1cccc(-n2c(C)cc(C3C(c4ccccn4)NC(=S)N3c3ccc(NC(=O)C(C)C)c(Cl)c3)c2C)c1. The highest BCUT2D eigenvalue weighted by Gasteiger charge is 2.42. The summed E-state index contributed by atoms with van der Waals surface area (Å²) in [6.07, 6.45) is 1.79. The van der Waals surface area contributed by atoms with E-state index in [0.29, 0.717) is 15.8 Å². The van der Waals surface area contributed by atoms with Crippen molar-refractivity contribution in [2.24, 2.45) is 5.92 Å². The van der Waals surface area contributed by atoms with Crippen LogP contribution in [-0.4, -0.2) is 27.7 Å². The molecule has 2 unspecified atom stereocenters. The zero-order valence-electron chi connectivity index (χ0n) is 23.1. The molecule has 206 valence electrons. The van der Waals surface area contributed by atoms with Crippen molar-refractivity contribution < 1.29 is 9.53 Å². The topological polar surface area (TPSA) is 71.4 Å². The molecule has 2 atom stereocenters. The van der Waals surface area contributed by atoms with Crippen molar-refractivity contribution in [3.63, 3.8) is 0 Å². The lowest BCUT2D eigenvalue weighted by Gasteiger charge is -2.28. The summed E-state index contributed by atoms with van der Waals surface area (Å²) in [5.41, 5.74) is 6.56. The highest BCUT2D eigenvalue weighted by Crippen LogP contribution is 2.44. The van der Waals surface area contributed by atoms with Gasteiger partial charge in [0.2, 0.25) is 5.91 Å². The Balaban J connectivity index is 1.62. The number of rotatable bonds is 7. The number of ether oxygens (including phenoxy) is 1. The highest BCUT2D eigenvalue weighted by molar-refractivity contribution is 7.80. The molecule has 0 radical (unpaired) electrons. The number of benzene rings is 2. The maximum Gasteiger partial charge on any atom is 0.226 e. The number of aryl methyl sites for hydroxylation is 1. The Morgan fingerprint density at radius 3 is 2.55 bits per heavy atom. The highest BCUT2D eigenvalue weighted by atomic mass is 35.5. The number of carbonyl (C=O) groups excluding carboxylic acids is 1. The lowest BCUT2D eigenvalue weighted by Crippen LogP contribution is -2.29. The minimum atomic E-state index is -0.208. The second-order valence-electron chi connectivity index (χ2n) is 10.2. The third-order valence-electron chi connectivity index (χ3n) is 7.21. The Morgan fingerprint density at radius 2 is 1.88 bits per heavy atom. The van der Waals surface area contributed by atoms with Crippen LogP contribution in [0.25, 0.3) is 5.69 Å². The van der Waals surface area contributed by atoms with Crippen molar-refractivity contribution in [2.75, 3.05) is 17.3 Å². The van der Waals surface area contributed by atoms with Gasteiger partial charge < -0.3 is 24.8 Å². The maximum atomic E-state index is 12.3. The number of pyridine rings is 1. The monoisotopic (exact) mass is 573 g/mol. The van der Waals surface area contributed by atoms with Crippen molar-refractivity contribution in [3.05, 3.63) is 101 Å². The Labute approximate surface area is 245 Å². The number of halogens is 1. The molecule has 3 heterocycles. The van der Waals surface area contributed by atoms with Crippen LogP contribution in [0, 0.1) is 19.8 Å². The van der Waals surface area contributed by atoms with Gasteiger partial charge in [0.1, 0.15) is 5.75 Å². The van der Waals surface area contributed by atoms with Crippen LogP contribution < -0.4 is 20.3 Å². The first-order valence-electron chi connectivity index (χ1n) is 13.1. The second kappa shape index (κ2) is 11.3. The summed E-state index contributed by atoms with van der Waals surface area (Å²) in [7, 11) is 1.67. The number of nitrogens with zero attached hydrogens (tertiary/aromatic N) is 3. The third-order valence-corrected chi connectivity index (χ3v) is 7.84. The molecular weight excluding hydrogens is 542 g/mol. The van der Waals surface area contributed by atoms with E-state index in [1.807, 2.05) is 68.4 Å². The number of thiocarbonyl (C=S) groups is 1. The molecule has 9 heteroatoms. The van der Waals surface area contributed by atoms with E-state index in [-0.39, 0.29) is 23.9 Å². The van der Waals surface area contributed by atoms with Gasteiger partial charge in [-0.15, -0.1) is 0 Å². The number of amides is 1. The van der Waals surface area contributed by atoms with E-state index in [1.54, 1.807) is 13.3 Å². The Kier molecular flexibility index (Phi) is 7.83. The molecule has 1 saturated heterocycles. The fourth-order valence-corrected chi connectivity index (χ4v) is 5.78. The molecule has 7 nitrogen and oxygen atoms in total. The quantitative estimate of drug-likeness (QED) is 0.234. The molecule has 0 saturated carbocycles. The van der Waals surface area contributed by atoms with Gasteiger partial charge in [-0.1, -0.05) is 37.6 Å². The molecule has 1 fully saturated rings. The molecule has 2 N–H and O–H groups in total. The van der Waals surface area contributed by atoms with Crippen LogP contribution in [0.2, 0.25) is 5.02 Å². The van der Waals surface area contributed by atoms with E-state index < -0.39 is 0 Å². The summed E-state index contributed by atoms with van der Waals surface area (Å²) in [5.74, 6) is 0.545. The first-order valence-corrected chi connectivity index (χ1v) is 13.9. The third kappa shape index (κ3) is 5.17. The average molecular weight is 574 g/mol. The Bertz CT molecular complexity index is 1570. The minimum Gasteiger partial charge on any atom is -0.497 e. The summed E-state index contributed by atoms with van der Waals surface area (Å²) in [4.78, 5) is 19.1. The number of hydrogen-bond acceptors (Lipinski definition) is 4. The van der Waals surface area contributed by atoms with E-state index in [4.69, 9.17) is 28.6 Å². The molecule has 2 aromatic carbocycles. The summed E-state index contributed by atoms with van der Waals surface area (Å²) in [6.45, 7) is 7.90. The van der Waals surface area contributed by atoms with Crippen molar-refractivity contribution in [3.8, 4) is 11.4 Å². The molecule has 0 spiro atoms. The van der Waals surface area contributed by atoms with Gasteiger partial charge in [-0.3, -0.25) is 9.78 Å². The van der Waals surface area contributed by atoms with E-state index >= 15 is 0 Å². The molecule has 5 rings (SSSR count). The maximum absolute atomic E-state index is 12.3. The molecule has 4 aromatic rings. The van der Waals surface area contributed by atoms with Gasteiger partial charge in [0.25, 0.3) is 0 Å². The van der Waals surface area contributed by atoms with Crippen LogP contribution in [0.4, 0.5) is 11.4 Å². The molecule has 0 bridgehead atoms. The van der Waals surface area contributed by atoms with Gasteiger partial charge >= 0.3 is 0 Å². The summed E-state index contributed by atoms with van der Waals surface area (Å²) < 4.78 is 7.72. The fraction of sp³-hybridized carbons (Fsp3) is 0.258. The van der Waals surface area contributed by atoms with Gasteiger partial charge in [0, 0.05) is 40.9 Å². The summed E-state index contributed by atoms with van der Waals surface area (Å²) in [5, 5.41) is 7.43. The van der Waals surface area contributed by atoms with Crippen LogP contribution in [-0.2, 0) is 4.79 Å². The van der Waals surface area contributed by atoms with Crippen molar-refractivity contribution in [1.29, 1.82) is 0 Å². The Morgan fingerprint density at radius 1 is 1.07 bits per heavy atom. The Hall–Kier alpha value is -3.88. The number of methoxy groups -OCH3 is 1. The predicted molar refractivity (Wildman–Crippen MR) is 165 cm³/mol. The van der Waals surface area contributed by atoms with Gasteiger partial charge in [0.05, 0.1) is 35.6 Å². The van der Waals surface area contributed by atoms with Gasteiger partial charge in [-0.05, 0) is 80.2 Å². The zero-order chi connectivity index (χ0) is 28.6. The molecule has 40 heavy (non-hydrogen) atoms. The lowest BCUT2D eigenvalue weighted by molar-refractivity contribution is -0.118. The number of anilines is 2. The number of nitrogens with one attached hydrogen (secondary N) is 2. The summed E-state index contributed by atoms with van der Waals surface area (Å²) >= 11 is 12.6. The van der Waals surface area contributed by atoms with Crippen molar-refractivity contribution in [2.45, 2.75) is 39.8 Å². The summed E-state index contributed by atoms with van der Waals surface area (Å²) in [6, 6.07) is 21.3. The molecule has 1 aliphatic rings. The number of aromatic nitrogens is 2. The minimum absolute atomic E-state index is 0.0916. The number of carbonyl (C=O) groups is 1. The molecule has 2 aromatic heterocycles. The van der Waals surface area contributed by atoms with Crippen molar-refractivity contribution in [1.82, 2.24) is 14.9 Å². The standard InChI is InChI=1S/C31H32ClN5O2S/c1-18(2)30(38)34-26-13-12-22(17-25(26)32)37-29(28(35-31(37)40)27-11-6-7-14-33-27)24-15-19(3)36(20(24)4)21-9-8-10-23(16-21)39-5/h6-18,28-29H,1-5H3,(H,34,38)(H,35,40). The van der Waals surface area contributed by atoms with E-state index in [9.17, 15) is 4.79 Å². The first-order chi connectivity index (χ1) is 19.2. The van der Waals surface area contributed by atoms with Crippen LogP contribution in [0.5, 0.6) is 5.75 Å². The smallest absolute Gasteiger partial charge is 0.226 e. The lowest BCUT2D eigenvalue weighted by atomic mass is 9.96. The van der Waals surface area contributed by atoms with Crippen LogP contribution >= 0.6 is 23.8 Å². The van der Waals surface area contributed by atoms with Crippen LogP contribution in [0.15, 0.2) is 72.9 Å². The molecule has 1 amide bonds. The van der Waals surface area contributed by atoms with Gasteiger partial charge in [-0.2, -0.15) is 0 Å². The van der Waals surface area contributed by atoms with E-state index in [0.717, 1.165) is 39.8 Å². The largest absolute Gasteiger partial charge is 0.497 e. The molecule has 0 aliphatic carbocycles. The fourth-order valence-electron chi connectivity index (χ4n) is 5.22. The molecule has 1 aliphatic heterocycles. The first kappa shape index (κ1) is 27.7. The number of hydrogen-bond donors (Lipinski definition) is 2. The van der Waals surface area contributed by atoms with E-state index in [2.05, 4.69) is 51.1 Å². The normalized spacial score (nSPS) is 16.8. The predicted octanol–water partition coefficient (Wildman–Crippen LogP) is 6.92.